The van der Waals surface area contributed by atoms with E-state index in [1.165, 1.54) is 29.1 Å². The van der Waals surface area contributed by atoms with Crippen LogP contribution in [-0.4, -0.2) is 22.8 Å². The Balaban J connectivity index is 2.66. The van der Waals surface area contributed by atoms with Crippen LogP contribution >= 0.6 is 11.8 Å². The number of carbonyl (C=O) groups excluding carboxylic acids is 1. The van der Waals surface area contributed by atoms with Crippen molar-refractivity contribution in [2.75, 3.05) is 0 Å². The maximum atomic E-state index is 12.1. The van der Waals surface area contributed by atoms with Crippen molar-refractivity contribution in [1.29, 1.82) is 10.8 Å². The van der Waals surface area contributed by atoms with Gasteiger partial charge in [-0.1, -0.05) is 61.9 Å². The van der Waals surface area contributed by atoms with Gasteiger partial charge in [0.15, 0.2) is 0 Å². The molecule has 0 radical (unpaired) electrons. The average molecular weight is 441 g/mol. The molecule has 0 fully saturated rings. The Morgan fingerprint density at radius 3 is 2.39 bits per heavy atom. The van der Waals surface area contributed by atoms with Crippen molar-refractivity contribution in [3.8, 4) is 0 Å². The molecule has 0 atom stereocenters. The van der Waals surface area contributed by atoms with Crippen LogP contribution in [-0.2, 0) is 15.3 Å². The summed E-state index contributed by atoms with van der Waals surface area (Å²) in [5.41, 5.74) is 3.09. The fourth-order valence-electron chi connectivity index (χ4n) is 2.86. The SMILES string of the molecule is C=C(CCC/C(=C\C(C=N)=C\C(=N)SCc1ccccc1)CCC)C(=O)OC(C)(C)C. The number of hydrogen-bond acceptors (Lipinski definition) is 5. The van der Waals surface area contributed by atoms with Crippen molar-refractivity contribution >= 4 is 29.0 Å². The minimum atomic E-state index is -0.514. The van der Waals surface area contributed by atoms with E-state index in [-0.39, 0.29) is 5.97 Å². The lowest BCUT2D eigenvalue weighted by Gasteiger charge is -2.20. The highest BCUT2D eigenvalue weighted by Gasteiger charge is 2.18. The number of ether oxygens (including phenoxy) is 1. The summed E-state index contributed by atoms with van der Waals surface area (Å²) >= 11 is 1.45. The van der Waals surface area contributed by atoms with Gasteiger partial charge < -0.3 is 10.1 Å². The Kier molecular flexibility index (Phi) is 11.9. The first kappa shape index (κ1) is 26.6. The lowest BCUT2D eigenvalue weighted by Crippen LogP contribution is -2.24. The van der Waals surface area contributed by atoms with E-state index in [0.717, 1.165) is 37.0 Å². The first-order valence-electron chi connectivity index (χ1n) is 10.7. The van der Waals surface area contributed by atoms with E-state index in [9.17, 15) is 4.79 Å². The van der Waals surface area contributed by atoms with E-state index in [1.54, 1.807) is 6.08 Å². The highest BCUT2D eigenvalue weighted by molar-refractivity contribution is 8.13. The van der Waals surface area contributed by atoms with Gasteiger partial charge in [-0.15, -0.1) is 11.8 Å². The fourth-order valence-corrected chi connectivity index (χ4v) is 3.59. The second kappa shape index (κ2) is 13.8. The van der Waals surface area contributed by atoms with Gasteiger partial charge in [0.25, 0.3) is 0 Å². The first-order chi connectivity index (χ1) is 14.6. The third kappa shape index (κ3) is 12.1. The molecule has 1 rings (SSSR count). The van der Waals surface area contributed by atoms with E-state index in [0.29, 0.717) is 17.0 Å². The summed E-state index contributed by atoms with van der Waals surface area (Å²) in [6.45, 7) is 11.5. The largest absolute Gasteiger partial charge is 0.457 e. The van der Waals surface area contributed by atoms with E-state index in [2.05, 4.69) is 13.5 Å². The Morgan fingerprint density at radius 2 is 1.81 bits per heavy atom. The second-order valence-electron chi connectivity index (χ2n) is 8.44. The molecule has 0 amide bonds. The van der Waals surface area contributed by atoms with E-state index < -0.39 is 5.60 Å². The number of esters is 1. The molecule has 0 spiro atoms. The van der Waals surface area contributed by atoms with Gasteiger partial charge in [0, 0.05) is 17.5 Å². The summed E-state index contributed by atoms with van der Waals surface area (Å²) in [6, 6.07) is 10.1. The van der Waals surface area contributed by atoms with Crippen LogP contribution in [0.4, 0.5) is 0 Å². The molecule has 31 heavy (non-hydrogen) atoms. The number of hydrogen-bond donors (Lipinski definition) is 2. The van der Waals surface area contributed by atoms with Crippen molar-refractivity contribution in [1.82, 2.24) is 0 Å². The molecule has 1 aromatic rings. The maximum Gasteiger partial charge on any atom is 0.333 e. The molecule has 0 aliphatic rings. The molecular formula is C26H36N2O2S. The van der Waals surface area contributed by atoms with Crippen molar-refractivity contribution in [3.63, 3.8) is 0 Å². The van der Waals surface area contributed by atoms with Crippen LogP contribution < -0.4 is 0 Å². The van der Waals surface area contributed by atoms with Crippen molar-refractivity contribution in [3.05, 3.63) is 71.3 Å². The lowest BCUT2D eigenvalue weighted by molar-refractivity contribution is -0.150. The molecule has 2 N–H and O–H groups in total. The van der Waals surface area contributed by atoms with Gasteiger partial charge >= 0.3 is 5.97 Å². The predicted octanol–water partition coefficient (Wildman–Crippen LogP) is 7.27. The molecular weight excluding hydrogens is 404 g/mol. The van der Waals surface area contributed by atoms with Crippen LogP contribution in [0.3, 0.4) is 0 Å². The number of thioether (sulfide) groups is 1. The normalized spacial score (nSPS) is 12.4. The van der Waals surface area contributed by atoms with Crippen LogP contribution in [0.5, 0.6) is 0 Å². The van der Waals surface area contributed by atoms with Gasteiger partial charge in [-0.2, -0.15) is 0 Å². The Labute approximate surface area is 191 Å². The summed E-state index contributed by atoms with van der Waals surface area (Å²) in [7, 11) is 0. The van der Waals surface area contributed by atoms with E-state index in [4.69, 9.17) is 15.6 Å². The van der Waals surface area contributed by atoms with Crippen molar-refractivity contribution in [2.24, 2.45) is 0 Å². The minimum Gasteiger partial charge on any atom is -0.457 e. The highest BCUT2D eigenvalue weighted by atomic mass is 32.2. The van der Waals surface area contributed by atoms with Crippen LogP contribution in [0.25, 0.3) is 0 Å². The first-order valence-corrected chi connectivity index (χ1v) is 11.7. The Bertz CT molecular complexity index is 818. The molecule has 0 unspecified atom stereocenters. The van der Waals surface area contributed by atoms with E-state index in [1.807, 2.05) is 57.2 Å². The highest BCUT2D eigenvalue weighted by Crippen LogP contribution is 2.20. The van der Waals surface area contributed by atoms with Crippen LogP contribution in [0.2, 0.25) is 0 Å². The van der Waals surface area contributed by atoms with E-state index >= 15 is 0 Å². The summed E-state index contributed by atoms with van der Waals surface area (Å²) in [4.78, 5) is 12.1. The summed E-state index contributed by atoms with van der Waals surface area (Å²) in [5, 5.41) is 16.4. The minimum absolute atomic E-state index is 0.336. The quantitative estimate of drug-likeness (QED) is 0.118. The molecule has 0 bridgehead atoms. The molecule has 0 aliphatic carbocycles. The monoisotopic (exact) mass is 440 g/mol. The molecule has 0 heterocycles. The zero-order valence-electron chi connectivity index (χ0n) is 19.3. The third-order valence-electron chi connectivity index (χ3n) is 4.31. The predicted molar refractivity (Wildman–Crippen MR) is 134 cm³/mol. The topological polar surface area (TPSA) is 74.0 Å². The molecule has 4 nitrogen and oxygen atoms in total. The van der Waals surface area contributed by atoms with Crippen LogP contribution in [0.15, 0.2) is 65.8 Å². The number of nitrogens with one attached hydrogen (secondary N) is 2. The third-order valence-corrected chi connectivity index (χ3v) is 5.21. The van der Waals surface area contributed by atoms with Crippen LogP contribution in [0.1, 0.15) is 65.4 Å². The van der Waals surface area contributed by atoms with Crippen LogP contribution in [0, 0.1) is 10.8 Å². The molecule has 168 valence electrons. The average Bonchev–Trinajstić information content (AvgIpc) is 2.71. The molecule has 0 aromatic heterocycles. The molecule has 0 saturated heterocycles. The summed E-state index contributed by atoms with van der Waals surface area (Å²) in [5.74, 6) is 0.400. The van der Waals surface area contributed by atoms with Crippen molar-refractivity contribution in [2.45, 2.75) is 71.2 Å². The number of rotatable bonds is 12. The molecule has 1 aromatic carbocycles. The molecule has 5 heteroatoms. The molecule has 0 aliphatic heterocycles. The van der Waals surface area contributed by atoms with Gasteiger partial charge in [-0.3, -0.25) is 5.41 Å². The fraction of sp³-hybridized carbons (Fsp3) is 0.423. The summed E-state index contributed by atoms with van der Waals surface area (Å²) in [6.07, 6.45) is 9.19. The van der Waals surface area contributed by atoms with Gasteiger partial charge in [0.2, 0.25) is 0 Å². The lowest BCUT2D eigenvalue weighted by atomic mass is 9.99. The summed E-state index contributed by atoms with van der Waals surface area (Å²) < 4.78 is 5.37. The zero-order chi connectivity index (χ0) is 23.3. The number of allylic oxidation sites excluding steroid dienone is 3. The van der Waals surface area contributed by atoms with Gasteiger partial charge in [-0.05, 0) is 63.7 Å². The smallest absolute Gasteiger partial charge is 0.333 e. The second-order valence-corrected chi connectivity index (χ2v) is 9.46. The molecule has 0 saturated carbocycles. The Morgan fingerprint density at radius 1 is 1.13 bits per heavy atom. The zero-order valence-corrected chi connectivity index (χ0v) is 20.1. The maximum absolute atomic E-state index is 12.1. The van der Waals surface area contributed by atoms with Crippen molar-refractivity contribution < 1.29 is 9.53 Å². The Hall–Kier alpha value is -2.40. The van der Waals surface area contributed by atoms with Gasteiger partial charge in [-0.25, -0.2) is 4.79 Å². The number of carbonyl (C=O) groups is 1. The standard InChI is InChI=1S/C26H36N2O2S/c1-6-11-21(15-10-12-20(2)25(29)30-26(3,4)5)16-23(18-27)17-24(28)31-19-22-13-8-7-9-14-22/h7-9,13-14,16-18,27-28H,2,6,10-12,15,19H2,1,3-5H3/b21-16-,23-17-,27-18?,28-24?. The number of benzene rings is 1. The van der Waals surface area contributed by atoms with Gasteiger partial charge in [0.05, 0.1) is 5.04 Å². The van der Waals surface area contributed by atoms with Gasteiger partial charge in [0.1, 0.15) is 5.60 Å².